The third-order valence-electron chi connectivity index (χ3n) is 14.8. The van der Waals surface area contributed by atoms with Crippen LogP contribution < -0.4 is 0 Å². The third kappa shape index (κ3) is 12.2. The molecule has 0 aromatic rings. The summed E-state index contributed by atoms with van der Waals surface area (Å²) in [7, 11) is 0. The first-order chi connectivity index (χ1) is 36.7. The summed E-state index contributed by atoms with van der Waals surface area (Å²) in [5, 5.41) is 220. The highest BCUT2D eigenvalue weighted by Gasteiger charge is 2.59. The Balaban J connectivity index is 1.08. The quantitative estimate of drug-likeness (QED) is 0.105. The maximum atomic E-state index is 11.4. The first-order valence-corrected chi connectivity index (χ1v) is 25.3. The molecule has 77 heavy (non-hydrogen) atoms. The van der Waals surface area contributed by atoms with Gasteiger partial charge in [0.15, 0.2) is 44.0 Å². The molecule has 0 saturated carbocycles. The van der Waals surface area contributed by atoms with E-state index < -0.39 is 255 Å². The second-order valence-corrected chi connectivity index (χ2v) is 20.0. The van der Waals surface area contributed by atoms with Gasteiger partial charge in [0.25, 0.3) is 0 Å². The summed E-state index contributed by atoms with van der Waals surface area (Å²) in [5.41, 5.74) is 0. The van der Waals surface area contributed by atoms with E-state index in [1.807, 2.05) is 0 Å². The Morgan fingerprint density at radius 1 is 0.195 bits per heavy atom. The number of hydrogen-bond acceptors (Lipinski definition) is 35. The summed E-state index contributed by atoms with van der Waals surface area (Å²) in [6, 6.07) is 0. The number of hydrogen-bond donors (Lipinski definition) is 21. The second kappa shape index (κ2) is 26.3. The van der Waals surface area contributed by atoms with Gasteiger partial charge in [-0.1, -0.05) is 0 Å². The molecule has 448 valence electrons. The maximum Gasteiger partial charge on any atom is 0.187 e. The van der Waals surface area contributed by atoms with Crippen molar-refractivity contribution in [3.8, 4) is 0 Å². The summed E-state index contributed by atoms with van der Waals surface area (Å²) < 4.78 is 80.0. The van der Waals surface area contributed by atoms with Gasteiger partial charge in [-0.25, -0.2) is 0 Å². The molecular weight excluding hydrogens is 1080 g/mol. The minimum absolute atomic E-state index is 0.352. The van der Waals surface area contributed by atoms with Crippen molar-refractivity contribution in [3.63, 3.8) is 0 Å². The van der Waals surface area contributed by atoms with Gasteiger partial charge in [-0.05, 0) is 0 Å². The second-order valence-electron chi connectivity index (χ2n) is 19.7. The van der Waals surface area contributed by atoms with E-state index in [2.05, 4.69) is 12.6 Å². The van der Waals surface area contributed by atoms with Crippen LogP contribution in [0.25, 0.3) is 0 Å². The molecule has 20 N–H and O–H groups in total. The van der Waals surface area contributed by atoms with Crippen molar-refractivity contribution in [3.05, 3.63) is 0 Å². The number of rotatable bonds is 7. The van der Waals surface area contributed by atoms with Crippen molar-refractivity contribution in [2.24, 2.45) is 0 Å². The molecule has 34 nitrogen and oxygen atoms in total. The molecule has 0 aliphatic carbocycles. The van der Waals surface area contributed by atoms with Gasteiger partial charge in [0.05, 0.1) is 45.7 Å². The summed E-state index contributed by atoms with van der Waals surface area (Å²) in [6.07, 6.45) is -68.7. The smallest absolute Gasteiger partial charge is 0.187 e. The zero-order chi connectivity index (χ0) is 56.1. The number of thiol groups is 1. The predicted octanol–water partition coefficient (Wildman–Crippen LogP) is -14.3. The van der Waals surface area contributed by atoms with Gasteiger partial charge in [-0.2, -0.15) is 12.6 Å². The van der Waals surface area contributed by atoms with Gasteiger partial charge in [0, 0.05) is 5.75 Å². The topological polar surface area (TPSA) is 534 Å². The molecule has 21 fully saturated rings. The van der Waals surface area contributed by atoms with Gasteiger partial charge >= 0.3 is 0 Å². The van der Waals surface area contributed by atoms with Crippen LogP contribution in [0.5, 0.6) is 0 Å². The minimum Gasteiger partial charge on any atom is -0.394 e. The van der Waals surface area contributed by atoms with Crippen molar-refractivity contribution >= 4 is 12.6 Å². The minimum atomic E-state index is -2.20. The Bertz CT molecular complexity index is 1470. The van der Waals surface area contributed by atoms with Crippen molar-refractivity contribution in [2.75, 3.05) is 45.4 Å². The molecule has 35 atom stereocenters. The molecule has 0 radical (unpaired) electrons. The van der Waals surface area contributed by atoms with Crippen molar-refractivity contribution in [2.45, 2.75) is 215 Å². The highest BCUT2D eigenvalue weighted by Crippen LogP contribution is 2.39. The van der Waals surface area contributed by atoms with E-state index in [9.17, 15) is 102 Å². The zero-order valence-corrected chi connectivity index (χ0v) is 41.2. The maximum absolute atomic E-state index is 11.4. The van der Waals surface area contributed by atoms with E-state index in [1.54, 1.807) is 0 Å². The molecule has 0 amide bonds. The lowest BCUT2D eigenvalue weighted by Gasteiger charge is -2.50. The summed E-state index contributed by atoms with van der Waals surface area (Å²) >= 11 is 4.23. The van der Waals surface area contributed by atoms with E-state index in [1.165, 1.54) is 0 Å². The van der Waals surface area contributed by atoms with Crippen LogP contribution in [0.4, 0.5) is 0 Å². The fraction of sp³-hybridized carbons (Fsp3) is 1.00. The number of aliphatic hydroxyl groups excluding tert-OH is 20. The van der Waals surface area contributed by atoms with Gasteiger partial charge in [-0.3, -0.25) is 0 Å². The summed E-state index contributed by atoms with van der Waals surface area (Å²) in [4.78, 5) is 0. The average molecular weight is 1150 g/mol. The van der Waals surface area contributed by atoms with Gasteiger partial charge < -0.3 is 168 Å². The van der Waals surface area contributed by atoms with E-state index in [-0.39, 0.29) is 5.75 Å². The highest BCUT2D eigenvalue weighted by molar-refractivity contribution is 7.80. The molecule has 35 heteroatoms. The predicted molar refractivity (Wildman–Crippen MR) is 235 cm³/mol. The summed E-state index contributed by atoms with van der Waals surface area (Å²) in [5.74, 6) is -0.352. The van der Waals surface area contributed by atoms with Crippen LogP contribution in [-0.2, 0) is 66.3 Å². The third-order valence-corrected chi connectivity index (χ3v) is 15.1. The van der Waals surface area contributed by atoms with Crippen molar-refractivity contribution in [1.82, 2.24) is 0 Å². The summed E-state index contributed by atoms with van der Waals surface area (Å²) in [6.45, 7) is -6.17. The largest absolute Gasteiger partial charge is 0.394 e. The van der Waals surface area contributed by atoms with Gasteiger partial charge in [0.1, 0.15) is 165 Å². The van der Waals surface area contributed by atoms with Crippen molar-refractivity contribution in [1.29, 1.82) is 0 Å². The van der Waals surface area contributed by atoms with Crippen LogP contribution in [0.1, 0.15) is 0 Å². The van der Waals surface area contributed by atoms with Crippen molar-refractivity contribution < 1.29 is 168 Å². The van der Waals surface area contributed by atoms with Crippen LogP contribution in [-0.4, -0.2) is 362 Å². The molecule has 21 rings (SSSR count). The fourth-order valence-electron chi connectivity index (χ4n) is 10.4. The Morgan fingerprint density at radius 3 is 0.455 bits per heavy atom. The molecule has 0 aromatic heterocycles. The Hall–Kier alpha value is -1.01. The van der Waals surface area contributed by atoms with Crippen LogP contribution in [0.3, 0.4) is 0 Å². The number of ether oxygens (including phenoxy) is 14. The van der Waals surface area contributed by atoms with E-state index in [0.29, 0.717) is 0 Å². The molecule has 0 unspecified atom stereocenters. The Morgan fingerprint density at radius 2 is 0.325 bits per heavy atom. The van der Waals surface area contributed by atoms with E-state index >= 15 is 0 Å². The van der Waals surface area contributed by atoms with Crippen LogP contribution in [0, 0.1) is 0 Å². The molecule has 21 aliphatic heterocycles. The van der Waals surface area contributed by atoms with Crippen LogP contribution >= 0.6 is 12.6 Å². The SMILES string of the molecule is OC[C@H]1O[C@@H]2O[C@@H]3[C@H](O)[C@@H](O)[C@@H](O[C@@H]4[C@H](O)[C@@H](O)[C@@H](O[C@@H]5[C@H](O)[C@@H](O)[C@@H](O[C@@H]6[C@H](O)[C@@H](O)[C@@H](O[C@@H]7[C@H](O)[C@@H](O)[C@@H](O[C@@H]8[C@H](O)[C@@H](O)[C@@H](O[C@@H]1[C@H](O)[C@H]2O)O[C@@H]8CO)O[C@@H]7CO)O[C@@H]6CO)O[C@@H]5CS)O[C@@H]4CO)O[C@@H]3CO. The first-order valence-electron chi connectivity index (χ1n) is 24.6. The zero-order valence-electron chi connectivity index (χ0n) is 40.3. The fourth-order valence-corrected chi connectivity index (χ4v) is 10.7. The van der Waals surface area contributed by atoms with Crippen LogP contribution in [0.2, 0.25) is 0 Å². The van der Waals surface area contributed by atoms with Gasteiger partial charge in [0.2, 0.25) is 0 Å². The van der Waals surface area contributed by atoms with Crippen LogP contribution in [0.15, 0.2) is 0 Å². The molecular formula is C42H70O34S. The lowest BCUT2D eigenvalue weighted by atomic mass is 9.95. The molecule has 21 aliphatic rings. The lowest BCUT2D eigenvalue weighted by molar-refractivity contribution is -0.396. The Labute approximate surface area is 440 Å². The average Bonchev–Trinajstić information content (AvgIpc) is 3.45. The Kier molecular flexibility index (Phi) is 21.2. The number of aliphatic hydroxyl groups is 20. The molecule has 0 aromatic carbocycles. The monoisotopic (exact) mass is 1150 g/mol. The first kappa shape index (κ1) is 62.0. The molecule has 21 heterocycles. The highest BCUT2D eigenvalue weighted by atomic mass is 32.1. The van der Waals surface area contributed by atoms with Gasteiger partial charge in [-0.15, -0.1) is 0 Å². The standard InChI is InChI=1S/C42H70O34S/c43-1-8-29-16(50)23(57)37(64-8)72-31-10(3-45)66-39(25(59)18(31)52)74-33-12(5-47)68-41(27(61)20(33)54)76-35-14(7-77)69-42(28(62)21(35)55)75-34-13(6-48)67-40(26(60)19(34)53)73-32-11(4-46)65-38(24(58)17(32)51)71-30-9(2-44)63-36(70-29)22(56)15(30)49/h8-62,77H,1-7H2/t8-,9-,10-,11-,12-,13-,14-,15-,16-,17-,18-,19-,20-,21-,22-,23-,24-,25-,26-,27-,28-,29+,30+,31+,32+,33+,34+,35+,36-,37-,38-,39-,40-,41-,42-/m1/s1. The molecule has 21 saturated heterocycles. The molecule has 0 spiro atoms. The molecule has 14 bridgehead atoms. The lowest BCUT2D eigenvalue weighted by Crippen LogP contribution is -2.68. The normalized spacial score (nSPS) is 55.4. The van der Waals surface area contributed by atoms with E-state index in [0.717, 1.165) is 0 Å². The van der Waals surface area contributed by atoms with E-state index in [4.69, 9.17) is 66.3 Å².